The lowest BCUT2D eigenvalue weighted by molar-refractivity contribution is 0.0582. The van der Waals surface area contributed by atoms with Crippen molar-refractivity contribution in [2.45, 2.75) is 63.0 Å². The third-order valence-electron chi connectivity index (χ3n) is 8.38. The quantitative estimate of drug-likeness (QED) is 0.206. The Labute approximate surface area is 258 Å². The molecule has 0 aliphatic carbocycles. The number of ether oxygens (including phenoxy) is 1. The molecule has 3 aromatic rings. The number of piperidine rings is 1. The number of carbonyl (C=O) groups excluding carboxylic acids is 1. The maximum atomic E-state index is 13.3. The van der Waals surface area contributed by atoms with E-state index in [-0.39, 0.29) is 24.7 Å². The minimum absolute atomic E-state index is 0.0675. The highest BCUT2D eigenvalue weighted by Crippen LogP contribution is 2.26. The SMILES string of the molecule is CC(C)CCN(C(=O)OCc1ccccc1)C1CCN(CCC(CN(C)S(=O)(=O)c2ccccc2)c2ccccc2)CC1. The molecule has 0 radical (unpaired) electrons. The molecule has 1 fully saturated rings. The first-order valence-electron chi connectivity index (χ1n) is 15.5. The van der Waals surface area contributed by atoms with Crippen molar-refractivity contribution in [1.29, 1.82) is 0 Å². The minimum atomic E-state index is -3.57. The van der Waals surface area contributed by atoms with E-state index < -0.39 is 10.0 Å². The van der Waals surface area contributed by atoms with Crippen molar-refractivity contribution in [1.82, 2.24) is 14.1 Å². The number of hydrogen-bond acceptors (Lipinski definition) is 5. The lowest BCUT2D eigenvalue weighted by Gasteiger charge is -2.38. The summed E-state index contributed by atoms with van der Waals surface area (Å²) in [5.41, 5.74) is 2.14. The maximum absolute atomic E-state index is 13.3. The lowest BCUT2D eigenvalue weighted by atomic mass is 9.94. The average Bonchev–Trinajstić information content (AvgIpc) is 3.03. The third kappa shape index (κ3) is 9.65. The topological polar surface area (TPSA) is 70.2 Å². The predicted octanol–water partition coefficient (Wildman–Crippen LogP) is 6.63. The first kappa shape index (κ1) is 32.7. The fourth-order valence-corrected chi connectivity index (χ4v) is 6.92. The summed E-state index contributed by atoms with van der Waals surface area (Å²) in [5, 5.41) is 0. The Morgan fingerprint density at radius 3 is 2.07 bits per heavy atom. The molecule has 1 aliphatic rings. The Bertz CT molecular complexity index is 1350. The molecule has 4 rings (SSSR count). The van der Waals surface area contributed by atoms with Crippen LogP contribution < -0.4 is 0 Å². The van der Waals surface area contributed by atoms with Gasteiger partial charge in [-0.1, -0.05) is 92.7 Å². The molecule has 232 valence electrons. The van der Waals surface area contributed by atoms with E-state index in [1.807, 2.05) is 59.5 Å². The van der Waals surface area contributed by atoms with Gasteiger partial charge in [0.2, 0.25) is 10.0 Å². The normalized spacial score (nSPS) is 15.5. The van der Waals surface area contributed by atoms with Gasteiger partial charge < -0.3 is 14.5 Å². The van der Waals surface area contributed by atoms with E-state index in [9.17, 15) is 13.2 Å². The van der Waals surface area contributed by atoms with Gasteiger partial charge in [0, 0.05) is 39.3 Å². The Balaban J connectivity index is 1.35. The Kier molecular flexibility index (Phi) is 12.2. The molecule has 1 saturated heterocycles. The second kappa shape index (κ2) is 16.0. The second-order valence-corrected chi connectivity index (χ2v) is 14.0. The summed E-state index contributed by atoms with van der Waals surface area (Å²) in [7, 11) is -1.90. The van der Waals surface area contributed by atoms with Crippen molar-refractivity contribution in [3.05, 3.63) is 102 Å². The molecule has 1 atom stereocenters. The molecule has 1 amide bonds. The van der Waals surface area contributed by atoms with Gasteiger partial charge >= 0.3 is 6.09 Å². The van der Waals surface area contributed by atoms with Crippen molar-refractivity contribution < 1.29 is 17.9 Å². The molecule has 7 nitrogen and oxygen atoms in total. The summed E-state index contributed by atoms with van der Waals surface area (Å²) >= 11 is 0. The van der Waals surface area contributed by atoms with Crippen LogP contribution in [0, 0.1) is 5.92 Å². The molecule has 43 heavy (non-hydrogen) atoms. The van der Waals surface area contributed by atoms with E-state index in [0.29, 0.717) is 23.9 Å². The molecule has 0 bridgehead atoms. The van der Waals surface area contributed by atoms with Crippen LogP contribution in [0.4, 0.5) is 4.79 Å². The molecule has 8 heteroatoms. The number of likely N-dealkylation sites (N-methyl/N-ethyl adjacent to an activating group) is 1. The first-order chi connectivity index (χ1) is 20.7. The number of sulfonamides is 1. The van der Waals surface area contributed by atoms with E-state index in [2.05, 4.69) is 30.9 Å². The van der Waals surface area contributed by atoms with E-state index in [0.717, 1.165) is 56.4 Å². The standard InChI is InChI=1S/C35H47N3O4S/c1-29(2)19-26-38(35(39)42-28-30-13-7-4-8-14-30)33-21-24-37(25-22-33)23-20-32(31-15-9-5-10-16-31)27-36(3)43(40,41)34-17-11-6-12-18-34/h4-18,29,32-33H,19-28H2,1-3H3. The van der Waals surface area contributed by atoms with Crippen LogP contribution in [-0.2, 0) is 21.4 Å². The van der Waals surface area contributed by atoms with Gasteiger partial charge in [-0.2, -0.15) is 0 Å². The van der Waals surface area contributed by atoms with Gasteiger partial charge in [-0.25, -0.2) is 17.5 Å². The van der Waals surface area contributed by atoms with E-state index in [4.69, 9.17) is 4.74 Å². The predicted molar refractivity (Wildman–Crippen MR) is 172 cm³/mol. The summed E-state index contributed by atoms with van der Waals surface area (Å²) in [4.78, 5) is 17.9. The number of benzene rings is 3. The summed E-state index contributed by atoms with van der Waals surface area (Å²) in [6, 6.07) is 28.8. The smallest absolute Gasteiger partial charge is 0.410 e. The number of hydrogen-bond donors (Lipinski definition) is 0. The molecule has 1 unspecified atom stereocenters. The molecule has 3 aromatic carbocycles. The van der Waals surface area contributed by atoms with E-state index in [1.165, 1.54) is 4.31 Å². The first-order valence-corrected chi connectivity index (χ1v) is 16.9. The van der Waals surface area contributed by atoms with Gasteiger partial charge in [-0.3, -0.25) is 0 Å². The molecule has 1 aliphatic heterocycles. The monoisotopic (exact) mass is 605 g/mol. The molecule has 1 heterocycles. The van der Waals surface area contributed by atoms with Gasteiger partial charge in [-0.05, 0) is 67.3 Å². The highest BCUT2D eigenvalue weighted by Gasteiger charge is 2.30. The van der Waals surface area contributed by atoms with Crippen molar-refractivity contribution in [3.8, 4) is 0 Å². The second-order valence-electron chi connectivity index (χ2n) is 12.0. The minimum Gasteiger partial charge on any atom is -0.445 e. The number of carbonyl (C=O) groups is 1. The molecule has 0 saturated carbocycles. The molecule has 0 aromatic heterocycles. The van der Waals surface area contributed by atoms with Crippen molar-refractivity contribution in [2.24, 2.45) is 5.92 Å². The zero-order chi connectivity index (χ0) is 30.7. The van der Waals surface area contributed by atoms with Crippen LogP contribution in [0.5, 0.6) is 0 Å². The highest BCUT2D eigenvalue weighted by atomic mass is 32.2. The van der Waals surface area contributed by atoms with Crippen LogP contribution in [0.3, 0.4) is 0 Å². The van der Waals surface area contributed by atoms with Gasteiger partial charge in [-0.15, -0.1) is 0 Å². The maximum Gasteiger partial charge on any atom is 0.410 e. The Morgan fingerprint density at radius 1 is 0.884 bits per heavy atom. The number of amides is 1. The lowest BCUT2D eigenvalue weighted by Crippen LogP contribution is -2.48. The van der Waals surface area contributed by atoms with Gasteiger partial charge in [0.1, 0.15) is 6.61 Å². The summed E-state index contributed by atoms with van der Waals surface area (Å²) in [6.45, 7) is 8.43. The Hall–Kier alpha value is -3.20. The molecule has 0 spiro atoms. The third-order valence-corrected chi connectivity index (χ3v) is 10.2. The fraction of sp³-hybridized carbons (Fsp3) is 0.457. The number of likely N-dealkylation sites (tertiary alicyclic amines) is 1. The van der Waals surface area contributed by atoms with Crippen LogP contribution in [0.25, 0.3) is 0 Å². The molecule has 0 N–H and O–H groups in total. The number of nitrogens with zero attached hydrogens (tertiary/aromatic N) is 3. The van der Waals surface area contributed by atoms with Crippen LogP contribution in [0.1, 0.15) is 56.6 Å². The molecular formula is C35H47N3O4S. The van der Waals surface area contributed by atoms with Crippen LogP contribution in [0.15, 0.2) is 95.9 Å². The largest absolute Gasteiger partial charge is 0.445 e. The zero-order valence-electron chi connectivity index (χ0n) is 25.8. The van der Waals surface area contributed by atoms with Crippen molar-refractivity contribution in [3.63, 3.8) is 0 Å². The van der Waals surface area contributed by atoms with Gasteiger partial charge in [0.15, 0.2) is 0 Å². The van der Waals surface area contributed by atoms with Crippen molar-refractivity contribution >= 4 is 16.1 Å². The summed E-state index contributed by atoms with van der Waals surface area (Å²) in [5.74, 6) is 0.571. The highest BCUT2D eigenvalue weighted by molar-refractivity contribution is 7.89. The zero-order valence-corrected chi connectivity index (χ0v) is 26.7. The Morgan fingerprint density at radius 2 is 1.47 bits per heavy atom. The summed E-state index contributed by atoms with van der Waals surface area (Å²) in [6.07, 6.45) is 3.36. The van der Waals surface area contributed by atoms with Crippen molar-refractivity contribution in [2.75, 3.05) is 39.8 Å². The van der Waals surface area contributed by atoms with Gasteiger partial charge in [0.05, 0.1) is 4.90 Å². The van der Waals surface area contributed by atoms with Crippen LogP contribution >= 0.6 is 0 Å². The molecular weight excluding hydrogens is 558 g/mol. The van der Waals surface area contributed by atoms with Gasteiger partial charge in [0.25, 0.3) is 0 Å². The fourth-order valence-electron chi connectivity index (χ4n) is 5.68. The summed E-state index contributed by atoms with van der Waals surface area (Å²) < 4.78 is 33.7. The van der Waals surface area contributed by atoms with Crippen LogP contribution in [0.2, 0.25) is 0 Å². The average molecular weight is 606 g/mol. The van der Waals surface area contributed by atoms with E-state index >= 15 is 0 Å². The van der Waals surface area contributed by atoms with Crippen LogP contribution in [-0.4, -0.2) is 74.4 Å². The van der Waals surface area contributed by atoms with E-state index in [1.54, 1.807) is 31.3 Å². The number of rotatable bonds is 14.